The van der Waals surface area contributed by atoms with Crippen LogP contribution >= 0.6 is 11.8 Å². The Morgan fingerprint density at radius 2 is 1.37 bits per heavy atom. The van der Waals surface area contributed by atoms with E-state index in [-0.39, 0.29) is 17.5 Å². The number of hydrogen-bond acceptors (Lipinski definition) is 4. The van der Waals surface area contributed by atoms with Crippen LogP contribution < -0.4 is 5.32 Å². The monoisotopic (exact) mass is 373 g/mol. The number of benzene rings is 3. The summed E-state index contributed by atoms with van der Waals surface area (Å²) < 4.78 is 0. The Morgan fingerprint density at radius 3 is 2.07 bits per heavy atom. The summed E-state index contributed by atoms with van der Waals surface area (Å²) in [6, 6.07) is 18.9. The number of ketones is 2. The third kappa shape index (κ3) is 2.96. The molecule has 1 aliphatic rings. The molecule has 1 N–H and O–H groups in total. The summed E-state index contributed by atoms with van der Waals surface area (Å²) >= 11 is 1.49. The van der Waals surface area contributed by atoms with Gasteiger partial charge in [0.25, 0.3) is 5.91 Å². The lowest BCUT2D eigenvalue weighted by molar-refractivity contribution is 0.0979. The highest BCUT2D eigenvalue weighted by atomic mass is 32.2. The second-order valence-electron chi connectivity index (χ2n) is 6.12. The minimum atomic E-state index is -0.255. The number of carbonyl (C=O) groups is 3. The molecular formula is C22H15NO3S. The first-order valence-electron chi connectivity index (χ1n) is 8.37. The van der Waals surface area contributed by atoms with Gasteiger partial charge in [0.2, 0.25) is 0 Å². The van der Waals surface area contributed by atoms with E-state index in [9.17, 15) is 14.4 Å². The molecule has 0 saturated carbocycles. The van der Waals surface area contributed by atoms with Crippen molar-refractivity contribution in [1.29, 1.82) is 0 Å². The first kappa shape index (κ1) is 17.2. The van der Waals surface area contributed by atoms with Crippen LogP contribution in [0.2, 0.25) is 0 Å². The van der Waals surface area contributed by atoms with Gasteiger partial charge in [0.05, 0.1) is 5.56 Å². The van der Waals surface area contributed by atoms with Gasteiger partial charge in [0.1, 0.15) is 0 Å². The van der Waals surface area contributed by atoms with E-state index >= 15 is 0 Å². The summed E-state index contributed by atoms with van der Waals surface area (Å²) in [5, 5.41) is 2.83. The maximum absolute atomic E-state index is 12.8. The van der Waals surface area contributed by atoms with Crippen LogP contribution in [0.25, 0.3) is 0 Å². The van der Waals surface area contributed by atoms with E-state index < -0.39 is 0 Å². The molecule has 1 amide bonds. The fourth-order valence-electron chi connectivity index (χ4n) is 3.21. The fraction of sp³-hybridized carbons (Fsp3) is 0.0455. The number of hydrogen-bond donors (Lipinski definition) is 1. The zero-order valence-corrected chi connectivity index (χ0v) is 15.3. The minimum Gasteiger partial charge on any atom is -0.322 e. The van der Waals surface area contributed by atoms with E-state index in [1.807, 2.05) is 18.4 Å². The topological polar surface area (TPSA) is 63.2 Å². The van der Waals surface area contributed by atoms with Crippen molar-refractivity contribution in [3.63, 3.8) is 0 Å². The normalized spacial score (nSPS) is 12.3. The predicted molar refractivity (Wildman–Crippen MR) is 106 cm³/mol. The Kier molecular flexibility index (Phi) is 4.38. The van der Waals surface area contributed by atoms with Crippen molar-refractivity contribution in [3.8, 4) is 0 Å². The summed E-state index contributed by atoms with van der Waals surface area (Å²) in [6.45, 7) is 0. The molecule has 0 fully saturated rings. The summed E-state index contributed by atoms with van der Waals surface area (Å²) in [5.41, 5.74) is 2.54. The summed E-state index contributed by atoms with van der Waals surface area (Å²) in [4.78, 5) is 38.9. The summed E-state index contributed by atoms with van der Waals surface area (Å²) in [5.74, 6) is -0.637. The molecule has 0 atom stereocenters. The first-order valence-corrected chi connectivity index (χ1v) is 9.59. The Bertz CT molecular complexity index is 1100. The van der Waals surface area contributed by atoms with E-state index in [2.05, 4.69) is 5.32 Å². The van der Waals surface area contributed by atoms with Crippen molar-refractivity contribution in [3.05, 3.63) is 94.5 Å². The molecule has 0 bridgehead atoms. The SMILES string of the molecule is CSc1ccccc1C(=O)Nc1ccc2c(c1)C(=O)c1ccccc1C2=O. The van der Waals surface area contributed by atoms with E-state index in [4.69, 9.17) is 0 Å². The average Bonchev–Trinajstić information content (AvgIpc) is 2.72. The Morgan fingerprint density at radius 1 is 0.778 bits per heavy atom. The standard InChI is InChI=1S/C22H15NO3S/c1-27-19-9-5-4-8-17(19)22(26)23-13-10-11-16-18(12-13)21(25)15-7-3-2-6-14(15)20(16)24/h2-12H,1H3,(H,23,26). The second-order valence-corrected chi connectivity index (χ2v) is 6.97. The smallest absolute Gasteiger partial charge is 0.256 e. The molecule has 132 valence electrons. The quantitative estimate of drug-likeness (QED) is 0.540. The van der Waals surface area contributed by atoms with Gasteiger partial charge in [-0.15, -0.1) is 11.8 Å². The van der Waals surface area contributed by atoms with Crippen LogP contribution in [-0.4, -0.2) is 23.7 Å². The number of nitrogens with one attached hydrogen (secondary N) is 1. The molecule has 5 heteroatoms. The van der Waals surface area contributed by atoms with Crippen molar-refractivity contribution in [2.75, 3.05) is 11.6 Å². The highest BCUT2D eigenvalue weighted by Crippen LogP contribution is 2.29. The van der Waals surface area contributed by atoms with Gasteiger partial charge in [0.15, 0.2) is 11.6 Å². The van der Waals surface area contributed by atoms with Crippen LogP contribution in [0.4, 0.5) is 5.69 Å². The molecule has 0 radical (unpaired) electrons. The van der Waals surface area contributed by atoms with Crippen molar-refractivity contribution >= 4 is 34.9 Å². The van der Waals surface area contributed by atoms with Gasteiger partial charge in [-0.2, -0.15) is 0 Å². The largest absolute Gasteiger partial charge is 0.322 e. The molecule has 3 aromatic carbocycles. The molecule has 0 unspecified atom stereocenters. The number of fused-ring (bicyclic) bond motifs is 2. The lowest BCUT2D eigenvalue weighted by atomic mass is 9.84. The second kappa shape index (κ2) is 6.85. The third-order valence-corrected chi connectivity index (χ3v) is 5.33. The van der Waals surface area contributed by atoms with Crippen LogP contribution in [-0.2, 0) is 0 Å². The lowest BCUT2D eigenvalue weighted by Crippen LogP contribution is -2.21. The van der Waals surface area contributed by atoms with Gasteiger partial charge in [0, 0.05) is 32.8 Å². The number of carbonyl (C=O) groups excluding carboxylic acids is 3. The molecule has 0 saturated heterocycles. The van der Waals surface area contributed by atoms with Gasteiger partial charge >= 0.3 is 0 Å². The number of anilines is 1. The molecule has 0 aromatic heterocycles. The third-order valence-electron chi connectivity index (χ3n) is 4.53. The maximum Gasteiger partial charge on any atom is 0.256 e. The van der Waals surface area contributed by atoms with Crippen LogP contribution in [0, 0.1) is 0 Å². The van der Waals surface area contributed by atoms with E-state index in [1.165, 1.54) is 11.8 Å². The summed E-state index contributed by atoms with van der Waals surface area (Å²) in [6.07, 6.45) is 1.91. The summed E-state index contributed by atoms with van der Waals surface area (Å²) in [7, 11) is 0. The zero-order valence-electron chi connectivity index (χ0n) is 14.5. The number of amides is 1. The highest BCUT2D eigenvalue weighted by Gasteiger charge is 2.29. The van der Waals surface area contributed by atoms with Crippen LogP contribution in [0.15, 0.2) is 71.6 Å². The molecule has 3 aromatic rings. The lowest BCUT2D eigenvalue weighted by Gasteiger charge is -2.18. The molecule has 27 heavy (non-hydrogen) atoms. The molecule has 1 aliphatic carbocycles. The Balaban J connectivity index is 1.69. The van der Waals surface area contributed by atoms with Crippen LogP contribution in [0.1, 0.15) is 42.2 Å². The first-order chi connectivity index (χ1) is 13.1. The van der Waals surface area contributed by atoms with E-state index in [1.54, 1.807) is 54.6 Å². The maximum atomic E-state index is 12.8. The molecule has 4 rings (SSSR count). The number of rotatable bonds is 3. The zero-order chi connectivity index (χ0) is 19.0. The van der Waals surface area contributed by atoms with Crippen molar-refractivity contribution in [1.82, 2.24) is 0 Å². The predicted octanol–water partition coefficient (Wildman–Crippen LogP) is 4.44. The Labute approximate surface area is 160 Å². The molecule has 0 heterocycles. The Hall–Kier alpha value is -3.18. The minimum absolute atomic E-state index is 0.175. The number of thioether (sulfide) groups is 1. The average molecular weight is 373 g/mol. The van der Waals surface area contributed by atoms with Crippen molar-refractivity contribution < 1.29 is 14.4 Å². The van der Waals surface area contributed by atoms with Crippen LogP contribution in [0.3, 0.4) is 0 Å². The van der Waals surface area contributed by atoms with Crippen molar-refractivity contribution in [2.45, 2.75) is 4.90 Å². The van der Waals surface area contributed by atoms with Gasteiger partial charge in [-0.3, -0.25) is 14.4 Å². The molecule has 4 nitrogen and oxygen atoms in total. The van der Waals surface area contributed by atoms with Gasteiger partial charge in [-0.1, -0.05) is 36.4 Å². The molecular weight excluding hydrogens is 358 g/mol. The molecule has 0 spiro atoms. The van der Waals surface area contributed by atoms with E-state index in [0.717, 1.165) is 4.90 Å². The highest BCUT2D eigenvalue weighted by molar-refractivity contribution is 7.98. The fourth-order valence-corrected chi connectivity index (χ4v) is 3.80. The van der Waals surface area contributed by atoms with E-state index in [0.29, 0.717) is 33.5 Å². The van der Waals surface area contributed by atoms with Gasteiger partial charge < -0.3 is 5.32 Å². The van der Waals surface area contributed by atoms with Gasteiger partial charge in [-0.25, -0.2) is 0 Å². The molecule has 0 aliphatic heterocycles. The van der Waals surface area contributed by atoms with Gasteiger partial charge in [-0.05, 0) is 36.6 Å². The van der Waals surface area contributed by atoms with Crippen LogP contribution in [0.5, 0.6) is 0 Å². The van der Waals surface area contributed by atoms with Crippen molar-refractivity contribution in [2.24, 2.45) is 0 Å².